The largest absolute Gasteiger partial charge is 0.329 e. The smallest absolute Gasteiger partial charge is 0.273 e. The SMILES string of the molecule is Cc1cc(F)c(S(=O)(=O)Nc2ccccc2Sc2nccn2C)cc1[N+](=O)[O-]. The highest BCUT2D eigenvalue weighted by Crippen LogP contribution is 2.34. The molecule has 146 valence electrons. The molecule has 0 fully saturated rings. The van der Waals surface area contributed by atoms with Crippen LogP contribution in [-0.4, -0.2) is 22.9 Å². The van der Waals surface area contributed by atoms with Gasteiger partial charge in [-0.1, -0.05) is 12.1 Å². The van der Waals surface area contributed by atoms with Gasteiger partial charge in [-0.2, -0.15) is 0 Å². The van der Waals surface area contributed by atoms with E-state index in [1.54, 1.807) is 42.2 Å². The summed E-state index contributed by atoms with van der Waals surface area (Å²) in [7, 11) is -2.60. The first kappa shape index (κ1) is 19.8. The average molecular weight is 422 g/mol. The lowest BCUT2D eigenvalue weighted by atomic mass is 10.2. The molecule has 0 saturated heterocycles. The minimum absolute atomic E-state index is 0.0344. The third-order valence-electron chi connectivity index (χ3n) is 3.85. The van der Waals surface area contributed by atoms with Gasteiger partial charge in [-0.25, -0.2) is 17.8 Å². The molecule has 0 aliphatic heterocycles. The molecular weight excluding hydrogens is 407 g/mol. The van der Waals surface area contributed by atoms with Crippen molar-refractivity contribution in [2.24, 2.45) is 7.05 Å². The van der Waals surface area contributed by atoms with Crippen LogP contribution >= 0.6 is 11.8 Å². The lowest BCUT2D eigenvalue weighted by Crippen LogP contribution is -2.16. The second-order valence-corrected chi connectivity index (χ2v) is 8.51. The Balaban J connectivity index is 1.99. The molecule has 1 heterocycles. The van der Waals surface area contributed by atoms with Crippen molar-refractivity contribution in [3.63, 3.8) is 0 Å². The molecular formula is C17H15FN4O4S2. The zero-order chi connectivity index (χ0) is 20.5. The number of hydrogen-bond acceptors (Lipinski definition) is 6. The summed E-state index contributed by atoms with van der Waals surface area (Å²) in [6.07, 6.45) is 3.35. The summed E-state index contributed by atoms with van der Waals surface area (Å²) in [5, 5.41) is 11.7. The van der Waals surface area contributed by atoms with E-state index in [1.165, 1.54) is 24.8 Å². The second-order valence-electron chi connectivity index (χ2n) is 5.85. The Morgan fingerprint density at radius 1 is 1.29 bits per heavy atom. The van der Waals surface area contributed by atoms with E-state index in [-0.39, 0.29) is 11.3 Å². The van der Waals surface area contributed by atoms with Gasteiger partial charge in [0.1, 0.15) is 10.7 Å². The van der Waals surface area contributed by atoms with Gasteiger partial charge >= 0.3 is 0 Å². The van der Waals surface area contributed by atoms with Gasteiger partial charge in [0.15, 0.2) is 5.16 Å². The first-order valence-electron chi connectivity index (χ1n) is 7.90. The molecule has 0 unspecified atom stereocenters. The topological polar surface area (TPSA) is 107 Å². The van der Waals surface area contributed by atoms with Crippen LogP contribution in [0.3, 0.4) is 0 Å². The van der Waals surface area contributed by atoms with Crippen LogP contribution in [0.15, 0.2) is 63.7 Å². The Hall–Kier alpha value is -2.92. The lowest BCUT2D eigenvalue weighted by Gasteiger charge is -2.13. The van der Waals surface area contributed by atoms with Gasteiger partial charge in [0.05, 0.1) is 10.6 Å². The molecule has 3 aromatic rings. The van der Waals surface area contributed by atoms with E-state index in [1.807, 2.05) is 0 Å². The minimum Gasteiger partial charge on any atom is -0.329 e. The van der Waals surface area contributed by atoms with E-state index in [2.05, 4.69) is 9.71 Å². The zero-order valence-corrected chi connectivity index (χ0v) is 16.4. The molecule has 1 N–H and O–H groups in total. The fraction of sp³-hybridized carbons (Fsp3) is 0.118. The predicted molar refractivity (Wildman–Crippen MR) is 102 cm³/mol. The number of hydrogen-bond donors (Lipinski definition) is 1. The van der Waals surface area contributed by atoms with Crippen molar-refractivity contribution in [2.45, 2.75) is 21.9 Å². The summed E-state index contributed by atoms with van der Waals surface area (Å²) >= 11 is 1.22. The maximum Gasteiger partial charge on any atom is 0.273 e. The number of halogens is 1. The van der Waals surface area contributed by atoms with Crippen molar-refractivity contribution in [1.29, 1.82) is 0 Å². The number of nitro groups is 1. The summed E-state index contributed by atoms with van der Waals surface area (Å²) < 4.78 is 43.8. The molecule has 3 rings (SSSR count). The van der Waals surface area contributed by atoms with Crippen LogP contribution in [0, 0.1) is 22.9 Å². The highest BCUT2D eigenvalue weighted by molar-refractivity contribution is 7.99. The van der Waals surface area contributed by atoms with Crippen LogP contribution in [0.25, 0.3) is 0 Å². The van der Waals surface area contributed by atoms with Crippen LogP contribution in [0.4, 0.5) is 15.8 Å². The Labute approximate surface area is 164 Å². The van der Waals surface area contributed by atoms with Crippen molar-refractivity contribution in [1.82, 2.24) is 9.55 Å². The van der Waals surface area contributed by atoms with Crippen molar-refractivity contribution >= 4 is 33.2 Å². The maximum atomic E-state index is 14.3. The Morgan fingerprint density at radius 3 is 2.64 bits per heavy atom. The fourth-order valence-corrected chi connectivity index (χ4v) is 4.55. The number of nitrogens with one attached hydrogen (secondary N) is 1. The first-order chi connectivity index (χ1) is 13.2. The third kappa shape index (κ3) is 3.99. The van der Waals surface area contributed by atoms with Crippen molar-refractivity contribution in [3.05, 3.63) is 70.3 Å². The molecule has 28 heavy (non-hydrogen) atoms. The molecule has 0 amide bonds. The molecule has 0 aliphatic rings. The number of para-hydroxylation sites is 1. The molecule has 0 atom stereocenters. The number of rotatable bonds is 6. The van der Waals surface area contributed by atoms with Crippen molar-refractivity contribution < 1.29 is 17.7 Å². The van der Waals surface area contributed by atoms with E-state index in [9.17, 15) is 22.9 Å². The van der Waals surface area contributed by atoms with Crippen LogP contribution < -0.4 is 4.72 Å². The number of aromatic nitrogens is 2. The van der Waals surface area contributed by atoms with E-state index < -0.39 is 31.3 Å². The van der Waals surface area contributed by atoms with Crippen molar-refractivity contribution in [3.8, 4) is 0 Å². The molecule has 11 heteroatoms. The summed E-state index contributed by atoms with van der Waals surface area (Å²) in [6.45, 7) is 1.34. The van der Waals surface area contributed by atoms with Crippen LogP contribution in [0.5, 0.6) is 0 Å². The zero-order valence-electron chi connectivity index (χ0n) is 14.8. The highest BCUT2D eigenvalue weighted by Gasteiger charge is 2.25. The van der Waals surface area contributed by atoms with Gasteiger partial charge in [0, 0.05) is 36.0 Å². The number of imidazole rings is 1. The summed E-state index contributed by atoms with van der Waals surface area (Å²) in [5.41, 5.74) is -0.234. The molecule has 8 nitrogen and oxygen atoms in total. The van der Waals surface area contributed by atoms with E-state index in [0.717, 1.165) is 12.1 Å². The molecule has 2 aromatic carbocycles. The van der Waals surface area contributed by atoms with Gasteiger partial charge in [-0.15, -0.1) is 0 Å². The van der Waals surface area contributed by atoms with Crippen LogP contribution in [0.2, 0.25) is 0 Å². The minimum atomic E-state index is -4.40. The standard InChI is InChI=1S/C17H15FN4O4S2/c1-11-9-12(18)16(10-14(11)22(23)24)28(25,26)20-13-5-3-4-6-15(13)27-17-19-7-8-21(17)2/h3-10,20H,1-2H3. The quantitative estimate of drug-likeness (QED) is 0.479. The molecule has 1 aromatic heterocycles. The molecule has 0 bridgehead atoms. The highest BCUT2D eigenvalue weighted by atomic mass is 32.2. The second kappa shape index (κ2) is 7.60. The molecule has 0 spiro atoms. The summed E-state index contributed by atoms with van der Waals surface area (Å²) in [6, 6.07) is 8.10. The molecule has 0 radical (unpaired) electrons. The van der Waals surface area contributed by atoms with E-state index in [0.29, 0.717) is 10.1 Å². The number of nitro benzene ring substituents is 1. The van der Waals surface area contributed by atoms with Gasteiger partial charge < -0.3 is 4.57 Å². The summed E-state index contributed by atoms with van der Waals surface area (Å²) in [5.74, 6) is -1.06. The fourth-order valence-electron chi connectivity index (χ4n) is 2.43. The number of sulfonamides is 1. The maximum absolute atomic E-state index is 14.3. The van der Waals surface area contributed by atoms with Gasteiger partial charge in [-0.05, 0) is 36.9 Å². The number of aryl methyl sites for hydroxylation is 2. The van der Waals surface area contributed by atoms with Gasteiger partial charge in [0.25, 0.3) is 15.7 Å². The number of benzene rings is 2. The Kier molecular flexibility index (Phi) is 5.38. The van der Waals surface area contributed by atoms with Gasteiger partial charge in [0.2, 0.25) is 0 Å². The Morgan fingerprint density at radius 2 is 2.00 bits per heavy atom. The summed E-state index contributed by atoms with van der Waals surface area (Å²) in [4.78, 5) is 14.3. The first-order valence-corrected chi connectivity index (χ1v) is 10.2. The van der Waals surface area contributed by atoms with Crippen LogP contribution in [-0.2, 0) is 17.1 Å². The average Bonchev–Trinajstić information content (AvgIpc) is 3.00. The normalized spacial score (nSPS) is 11.4. The Bertz CT molecular complexity index is 1160. The monoisotopic (exact) mass is 422 g/mol. The third-order valence-corrected chi connectivity index (χ3v) is 6.38. The lowest BCUT2D eigenvalue weighted by molar-refractivity contribution is -0.385. The van der Waals surface area contributed by atoms with Gasteiger partial charge in [-0.3, -0.25) is 14.8 Å². The van der Waals surface area contributed by atoms with Crippen molar-refractivity contribution in [2.75, 3.05) is 4.72 Å². The number of nitrogens with zero attached hydrogens (tertiary/aromatic N) is 3. The van der Waals surface area contributed by atoms with E-state index in [4.69, 9.17) is 0 Å². The van der Waals surface area contributed by atoms with Crippen LogP contribution in [0.1, 0.15) is 5.56 Å². The number of anilines is 1. The predicted octanol–water partition coefficient (Wildman–Crippen LogP) is 3.73. The molecule has 0 saturated carbocycles. The molecule has 0 aliphatic carbocycles. The van der Waals surface area contributed by atoms with E-state index >= 15 is 0 Å².